The van der Waals surface area contributed by atoms with Crippen molar-refractivity contribution in [3.05, 3.63) is 95.3 Å². The standard InChI is InChI=1S/C27H22FN3O4/c1-15(2)35-19-13-9-17(10-14-19)24(32)22-23(16-7-11-18(28)12-8-16)31(26(34)25(22)33)27-29-20-5-3-4-6-21(20)30-27/h3-15,23,32H,1-2H3,(H,29,30)/b24-22+. The first-order chi connectivity index (χ1) is 16.8. The van der Waals surface area contributed by atoms with E-state index in [-0.39, 0.29) is 23.4 Å². The van der Waals surface area contributed by atoms with Crippen molar-refractivity contribution in [2.24, 2.45) is 0 Å². The van der Waals surface area contributed by atoms with Crippen molar-refractivity contribution < 1.29 is 23.8 Å². The van der Waals surface area contributed by atoms with Crippen LogP contribution in [0.4, 0.5) is 10.3 Å². The number of benzene rings is 3. The topological polar surface area (TPSA) is 95.5 Å². The van der Waals surface area contributed by atoms with Gasteiger partial charge in [-0.15, -0.1) is 0 Å². The molecule has 8 heteroatoms. The van der Waals surface area contributed by atoms with Gasteiger partial charge in [-0.25, -0.2) is 9.37 Å². The molecule has 1 aliphatic rings. The fourth-order valence-electron chi connectivity index (χ4n) is 4.18. The fourth-order valence-corrected chi connectivity index (χ4v) is 4.18. The Morgan fingerprint density at radius 1 is 1.03 bits per heavy atom. The third-order valence-corrected chi connectivity index (χ3v) is 5.73. The Hall–Kier alpha value is -4.46. The van der Waals surface area contributed by atoms with E-state index in [1.165, 1.54) is 29.2 Å². The summed E-state index contributed by atoms with van der Waals surface area (Å²) in [6, 6.07) is 18.2. The van der Waals surface area contributed by atoms with Gasteiger partial charge in [-0.3, -0.25) is 14.5 Å². The lowest BCUT2D eigenvalue weighted by atomic mass is 9.95. The number of aromatic amines is 1. The van der Waals surface area contributed by atoms with Crippen LogP contribution in [0.1, 0.15) is 31.0 Å². The van der Waals surface area contributed by atoms with Gasteiger partial charge in [0.25, 0.3) is 5.78 Å². The van der Waals surface area contributed by atoms with E-state index in [1.54, 1.807) is 36.4 Å². The van der Waals surface area contributed by atoms with Crippen molar-refractivity contribution in [3.63, 3.8) is 0 Å². The summed E-state index contributed by atoms with van der Waals surface area (Å²) >= 11 is 0. The van der Waals surface area contributed by atoms with Crippen LogP contribution in [-0.2, 0) is 9.59 Å². The van der Waals surface area contributed by atoms with Crippen molar-refractivity contribution in [3.8, 4) is 5.75 Å². The molecule has 176 valence electrons. The minimum Gasteiger partial charge on any atom is -0.507 e. The zero-order chi connectivity index (χ0) is 24.7. The Bertz CT molecular complexity index is 1420. The number of Topliss-reactive ketones (excluding diaryl/α,β-unsaturated/α-hetero) is 1. The van der Waals surface area contributed by atoms with Crippen molar-refractivity contribution in [2.75, 3.05) is 4.90 Å². The van der Waals surface area contributed by atoms with Crippen LogP contribution in [0.25, 0.3) is 16.8 Å². The molecular formula is C27H22FN3O4. The molecule has 0 aliphatic carbocycles. The Morgan fingerprint density at radius 3 is 2.37 bits per heavy atom. The van der Waals surface area contributed by atoms with Crippen molar-refractivity contribution >= 4 is 34.4 Å². The summed E-state index contributed by atoms with van der Waals surface area (Å²) in [5.74, 6) is -1.75. The molecule has 1 aliphatic heterocycles. The predicted octanol–water partition coefficient (Wildman–Crippen LogP) is 5.12. The second kappa shape index (κ2) is 8.72. The van der Waals surface area contributed by atoms with Crippen LogP contribution in [0, 0.1) is 5.82 Å². The minimum absolute atomic E-state index is 0.0259. The predicted molar refractivity (Wildman–Crippen MR) is 129 cm³/mol. The number of H-pyrrole nitrogens is 1. The third-order valence-electron chi connectivity index (χ3n) is 5.73. The van der Waals surface area contributed by atoms with Crippen LogP contribution in [0.5, 0.6) is 5.75 Å². The van der Waals surface area contributed by atoms with Gasteiger partial charge in [0.2, 0.25) is 5.95 Å². The highest BCUT2D eigenvalue weighted by molar-refractivity contribution is 6.51. The second-order valence-electron chi connectivity index (χ2n) is 8.49. The van der Waals surface area contributed by atoms with Gasteiger partial charge < -0.3 is 14.8 Å². The van der Waals surface area contributed by atoms with E-state index < -0.39 is 23.5 Å². The average molecular weight is 471 g/mol. The molecule has 0 saturated carbocycles. The molecule has 1 atom stereocenters. The van der Waals surface area contributed by atoms with E-state index in [4.69, 9.17) is 4.74 Å². The van der Waals surface area contributed by atoms with Crippen molar-refractivity contribution in [2.45, 2.75) is 26.0 Å². The van der Waals surface area contributed by atoms with Gasteiger partial charge in [0.1, 0.15) is 17.3 Å². The van der Waals surface area contributed by atoms with Crippen molar-refractivity contribution in [1.29, 1.82) is 0 Å². The van der Waals surface area contributed by atoms with E-state index in [9.17, 15) is 19.1 Å². The van der Waals surface area contributed by atoms with E-state index in [0.29, 0.717) is 27.9 Å². The average Bonchev–Trinajstić information content (AvgIpc) is 3.38. The number of hydrogen-bond acceptors (Lipinski definition) is 5. The Morgan fingerprint density at radius 2 is 1.71 bits per heavy atom. The van der Waals surface area contributed by atoms with Gasteiger partial charge in [-0.1, -0.05) is 24.3 Å². The highest BCUT2D eigenvalue weighted by atomic mass is 19.1. The van der Waals surface area contributed by atoms with E-state index in [1.807, 2.05) is 26.0 Å². The lowest BCUT2D eigenvalue weighted by Crippen LogP contribution is -2.30. The van der Waals surface area contributed by atoms with Crippen LogP contribution >= 0.6 is 0 Å². The molecule has 0 spiro atoms. The largest absolute Gasteiger partial charge is 0.507 e. The third kappa shape index (κ3) is 4.03. The number of carbonyl (C=O) groups excluding carboxylic acids is 2. The van der Waals surface area contributed by atoms with Gasteiger partial charge in [0.05, 0.1) is 28.8 Å². The number of anilines is 1. The number of carbonyl (C=O) groups is 2. The summed E-state index contributed by atoms with van der Waals surface area (Å²) in [5, 5.41) is 11.2. The molecule has 0 radical (unpaired) electrons. The maximum atomic E-state index is 13.7. The lowest BCUT2D eigenvalue weighted by molar-refractivity contribution is -0.132. The molecule has 1 saturated heterocycles. The second-order valence-corrected chi connectivity index (χ2v) is 8.49. The summed E-state index contributed by atoms with van der Waals surface area (Å²) < 4.78 is 19.3. The van der Waals surface area contributed by atoms with Crippen LogP contribution < -0.4 is 9.64 Å². The zero-order valence-corrected chi connectivity index (χ0v) is 19.0. The lowest BCUT2D eigenvalue weighted by Gasteiger charge is -2.23. The normalized spacial score (nSPS) is 17.5. The molecule has 0 bridgehead atoms. The summed E-state index contributed by atoms with van der Waals surface area (Å²) in [6.07, 6.45) is -0.0259. The summed E-state index contributed by atoms with van der Waals surface area (Å²) in [5.41, 5.74) is 1.98. The molecule has 1 amide bonds. The van der Waals surface area contributed by atoms with E-state index >= 15 is 0 Å². The first-order valence-electron chi connectivity index (χ1n) is 11.1. The number of ether oxygens (including phenoxy) is 1. The van der Waals surface area contributed by atoms with Gasteiger partial charge >= 0.3 is 5.91 Å². The highest BCUT2D eigenvalue weighted by Crippen LogP contribution is 2.41. The maximum Gasteiger partial charge on any atom is 0.302 e. The molecule has 7 nitrogen and oxygen atoms in total. The Labute approximate surface area is 200 Å². The number of ketones is 1. The number of hydrogen-bond donors (Lipinski definition) is 2. The number of amides is 1. The molecule has 5 rings (SSSR count). The molecule has 1 fully saturated rings. The number of aliphatic hydroxyl groups is 1. The van der Waals surface area contributed by atoms with Crippen LogP contribution in [0.15, 0.2) is 78.4 Å². The smallest absolute Gasteiger partial charge is 0.302 e. The molecule has 35 heavy (non-hydrogen) atoms. The number of para-hydroxylation sites is 2. The number of fused-ring (bicyclic) bond motifs is 1. The molecule has 1 aromatic heterocycles. The highest BCUT2D eigenvalue weighted by Gasteiger charge is 2.48. The number of halogens is 1. The quantitative estimate of drug-likeness (QED) is 0.239. The number of rotatable bonds is 5. The first kappa shape index (κ1) is 22.3. The van der Waals surface area contributed by atoms with Gasteiger partial charge in [-0.05, 0) is 67.9 Å². The van der Waals surface area contributed by atoms with Crippen LogP contribution in [0.3, 0.4) is 0 Å². The number of nitrogens with one attached hydrogen (secondary N) is 1. The molecule has 4 aromatic rings. The first-order valence-corrected chi connectivity index (χ1v) is 11.1. The van der Waals surface area contributed by atoms with Gasteiger partial charge in [0.15, 0.2) is 0 Å². The number of nitrogens with zero attached hydrogens (tertiary/aromatic N) is 2. The van der Waals surface area contributed by atoms with Crippen LogP contribution in [0.2, 0.25) is 0 Å². The van der Waals surface area contributed by atoms with Gasteiger partial charge in [-0.2, -0.15) is 0 Å². The molecular weight excluding hydrogens is 449 g/mol. The molecule has 1 unspecified atom stereocenters. The van der Waals surface area contributed by atoms with Crippen LogP contribution in [-0.4, -0.2) is 32.9 Å². The number of imidazole rings is 1. The molecule has 2 heterocycles. The van der Waals surface area contributed by atoms with Crippen molar-refractivity contribution in [1.82, 2.24) is 9.97 Å². The number of aliphatic hydroxyl groups excluding tert-OH is 1. The minimum atomic E-state index is -1.01. The Balaban J connectivity index is 1.66. The molecule has 3 aromatic carbocycles. The summed E-state index contributed by atoms with van der Waals surface area (Å²) in [7, 11) is 0. The van der Waals surface area contributed by atoms with E-state index in [0.717, 1.165) is 0 Å². The number of aromatic nitrogens is 2. The Kier molecular flexibility index (Phi) is 5.56. The molecule has 2 N–H and O–H groups in total. The zero-order valence-electron chi connectivity index (χ0n) is 19.0. The monoisotopic (exact) mass is 471 g/mol. The van der Waals surface area contributed by atoms with Gasteiger partial charge in [0, 0.05) is 5.56 Å². The maximum absolute atomic E-state index is 13.7. The summed E-state index contributed by atoms with van der Waals surface area (Å²) in [4.78, 5) is 35.2. The summed E-state index contributed by atoms with van der Waals surface area (Å²) in [6.45, 7) is 3.80. The SMILES string of the molecule is CC(C)Oc1ccc(/C(O)=C2\C(=O)C(=O)N(c3nc4ccccc4[nH]3)C2c2ccc(F)cc2)cc1. The fraction of sp³-hybridized carbons (Fsp3) is 0.148. The van der Waals surface area contributed by atoms with E-state index in [2.05, 4.69) is 9.97 Å².